The van der Waals surface area contributed by atoms with E-state index in [0.717, 1.165) is 0 Å². The molecule has 0 radical (unpaired) electrons. The smallest absolute Gasteiger partial charge is 0.356 e. The molecule has 14 heavy (non-hydrogen) atoms. The monoisotopic (exact) mass is 252 g/mol. The standard InChI is InChI=1S/C5H11ClFO6P/c1-4(9-3)10-5(2)11-14(8,12-6)13-7/h4-5H,1-3H3. The zero-order chi connectivity index (χ0) is 11.2. The highest BCUT2D eigenvalue weighted by Crippen LogP contribution is 2.52. The topological polar surface area (TPSA) is 63.2 Å². The Morgan fingerprint density at radius 1 is 1.36 bits per heavy atom. The Bertz CT molecular complexity index is 197. The second-order valence-corrected chi connectivity index (χ2v) is 3.99. The predicted octanol–water partition coefficient (Wildman–Crippen LogP) is 2.54. The first kappa shape index (κ1) is 14.2. The number of hydrogen-bond donors (Lipinski definition) is 0. The van der Waals surface area contributed by atoms with Crippen LogP contribution in [0.5, 0.6) is 0 Å². The molecule has 0 rings (SSSR count). The van der Waals surface area contributed by atoms with Gasteiger partial charge in [-0.25, -0.2) is 4.57 Å². The van der Waals surface area contributed by atoms with Crippen LogP contribution in [-0.4, -0.2) is 19.7 Å². The summed E-state index contributed by atoms with van der Waals surface area (Å²) in [6, 6.07) is 0. The Kier molecular flexibility index (Phi) is 6.80. The summed E-state index contributed by atoms with van der Waals surface area (Å²) >= 11 is 4.68. The molecule has 0 aliphatic heterocycles. The molecule has 0 aliphatic carbocycles. The molecule has 0 saturated heterocycles. The molecule has 3 atom stereocenters. The van der Waals surface area contributed by atoms with E-state index in [4.69, 9.17) is 9.47 Å². The van der Waals surface area contributed by atoms with Crippen LogP contribution in [0.15, 0.2) is 0 Å². The zero-order valence-corrected chi connectivity index (χ0v) is 9.46. The van der Waals surface area contributed by atoms with Gasteiger partial charge in [0.2, 0.25) is 0 Å². The van der Waals surface area contributed by atoms with Crippen molar-refractivity contribution < 1.29 is 31.9 Å². The average molecular weight is 253 g/mol. The van der Waals surface area contributed by atoms with Crippen molar-refractivity contribution in [2.45, 2.75) is 26.4 Å². The van der Waals surface area contributed by atoms with Gasteiger partial charge in [-0.2, -0.15) is 4.08 Å². The van der Waals surface area contributed by atoms with Crippen LogP contribution in [0.25, 0.3) is 0 Å². The first-order valence-corrected chi connectivity index (χ1v) is 5.31. The van der Waals surface area contributed by atoms with E-state index in [1.165, 1.54) is 14.0 Å². The molecule has 0 aliphatic rings. The summed E-state index contributed by atoms with van der Waals surface area (Å²) in [5.74, 6) is 0. The molecule has 3 unspecified atom stereocenters. The summed E-state index contributed by atoms with van der Waals surface area (Å²) in [5.41, 5.74) is 0. The number of ether oxygens (including phenoxy) is 2. The Morgan fingerprint density at radius 3 is 2.29 bits per heavy atom. The van der Waals surface area contributed by atoms with Crippen molar-refractivity contribution in [2.24, 2.45) is 0 Å². The van der Waals surface area contributed by atoms with Crippen molar-refractivity contribution in [3.05, 3.63) is 0 Å². The SMILES string of the molecule is COC(C)OC(C)OP(=O)(OF)OCl. The van der Waals surface area contributed by atoms with Crippen LogP contribution >= 0.6 is 19.7 Å². The van der Waals surface area contributed by atoms with Crippen molar-refractivity contribution >= 4 is 19.7 Å². The molecule has 9 heteroatoms. The molecule has 0 aromatic carbocycles. The van der Waals surface area contributed by atoms with Crippen LogP contribution in [0.3, 0.4) is 0 Å². The lowest BCUT2D eigenvalue weighted by molar-refractivity contribution is -0.203. The lowest BCUT2D eigenvalue weighted by atomic mass is 10.7. The predicted molar refractivity (Wildman–Crippen MR) is 44.8 cm³/mol. The van der Waals surface area contributed by atoms with Crippen molar-refractivity contribution in [1.82, 2.24) is 0 Å². The quantitative estimate of drug-likeness (QED) is 0.512. The second-order valence-electron chi connectivity index (χ2n) is 2.20. The van der Waals surface area contributed by atoms with Gasteiger partial charge in [-0.05, 0) is 18.4 Å². The molecule has 0 saturated carbocycles. The number of phosphoric acid groups is 1. The van der Waals surface area contributed by atoms with Crippen molar-refractivity contribution in [2.75, 3.05) is 7.11 Å². The van der Waals surface area contributed by atoms with E-state index in [0.29, 0.717) is 0 Å². The van der Waals surface area contributed by atoms with Crippen LogP contribution in [-0.2, 0) is 27.4 Å². The minimum absolute atomic E-state index is 0.617. The van der Waals surface area contributed by atoms with Crippen molar-refractivity contribution in [3.8, 4) is 0 Å². The Morgan fingerprint density at radius 2 is 1.93 bits per heavy atom. The van der Waals surface area contributed by atoms with Crippen LogP contribution in [0, 0.1) is 0 Å². The van der Waals surface area contributed by atoms with Crippen LogP contribution in [0.1, 0.15) is 13.8 Å². The summed E-state index contributed by atoms with van der Waals surface area (Å²) in [4.78, 5) is 0. The number of methoxy groups -OCH3 is 1. The summed E-state index contributed by atoms with van der Waals surface area (Å²) in [5, 5.41) is 0. The highest BCUT2D eigenvalue weighted by molar-refractivity contribution is 7.49. The highest BCUT2D eigenvalue weighted by Gasteiger charge is 2.31. The van der Waals surface area contributed by atoms with Gasteiger partial charge in [0.1, 0.15) is 0 Å². The third-order valence-corrected chi connectivity index (χ3v) is 2.56. The fourth-order valence-corrected chi connectivity index (χ4v) is 1.24. The molecule has 0 spiro atoms. The van der Waals surface area contributed by atoms with Gasteiger partial charge in [0.25, 0.3) is 0 Å². The molecule has 0 bridgehead atoms. The van der Waals surface area contributed by atoms with Gasteiger partial charge in [-0.1, -0.05) is 4.73 Å². The fourth-order valence-electron chi connectivity index (χ4n) is 0.575. The summed E-state index contributed by atoms with van der Waals surface area (Å²) < 4.78 is 43.2. The van der Waals surface area contributed by atoms with Crippen LogP contribution in [0.4, 0.5) is 4.53 Å². The maximum Gasteiger partial charge on any atom is 0.524 e. The molecule has 0 aromatic rings. The molecule has 0 N–H and O–H groups in total. The maximum atomic E-state index is 11.6. The van der Waals surface area contributed by atoms with Crippen molar-refractivity contribution in [1.29, 1.82) is 0 Å². The lowest BCUT2D eigenvalue weighted by Crippen LogP contribution is -2.20. The molecular weight excluding hydrogens is 241 g/mol. The molecule has 86 valence electrons. The van der Waals surface area contributed by atoms with E-state index in [9.17, 15) is 9.09 Å². The minimum Gasteiger partial charge on any atom is -0.356 e. The molecule has 0 aromatic heterocycles. The van der Waals surface area contributed by atoms with Gasteiger partial charge in [-0.3, -0.25) is 4.52 Å². The Hall–Kier alpha value is 0.250. The number of rotatable bonds is 7. The zero-order valence-electron chi connectivity index (χ0n) is 7.81. The second kappa shape index (κ2) is 6.68. The Balaban J connectivity index is 4.03. The van der Waals surface area contributed by atoms with Crippen molar-refractivity contribution in [3.63, 3.8) is 0 Å². The van der Waals surface area contributed by atoms with Gasteiger partial charge in [-0.15, -0.1) is 0 Å². The van der Waals surface area contributed by atoms with Gasteiger partial charge in [0, 0.05) is 7.11 Å². The minimum atomic E-state index is -4.39. The van der Waals surface area contributed by atoms with E-state index >= 15 is 0 Å². The van der Waals surface area contributed by atoms with Crippen LogP contribution < -0.4 is 0 Å². The molecule has 0 heterocycles. The molecule has 0 fully saturated rings. The normalized spacial score (nSPS) is 20.1. The number of hydrogen-bond acceptors (Lipinski definition) is 6. The Labute approximate surface area is 85.9 Å². The first-order chi connectivity index (χ1) is 6.47. The van der Waals surface area contributed by atoms with E-state index in [2.05, 4.69) is 25.2 Å². The van der Waals surface area contributed by atoms with E-state index in [1.54, 1.807) is 6.92 Å². The molecule has 6 nitrogen and oxygen atoms in total. The summed E-state index contributed by atoms with van der Waals surface area (Å²) in [6.07, 6.45) is -1.68. The van der Waals surface area contributed by atoms with Gasteiger partial charge in [0.05, 0.1) is 11.9 Å². The highest BCUT2D eigenvalue weighted by atomic mass is 35.5. The third-order valence-electron chi connectivity index (χ3n) is 1.16. The fraction of sp³-hybridized carbons (Fsp3) is 1.00. The van der Waals surface area contributed by atoms with Gasteiger partial charge < -0.3 is 9.47 Å². The molecule has 0 amide bonds. The summed E-state index contributed by atoms with van der Waals surface area (Å²) in [6.45, 7) is 2.90. The van der Waals surface area contributed by atoms with Gasteiger partial charge in [0.15, 0.2) is 12.6 Å². The average Bonchev–Trinajstić information content (AvgIpc) is 2.17. The van der Waals surface area contributed by atoms with E-state index in [-0.39, 0.29) is 0 Å². The number of halogens is 2. The van der Waals surface area contributed by atoms with Gasteiger partial charge >= 0.3 is 7.82 Å². The third kappa shape index (κ3) is 5.21. The van der Waals surface area contributed by atoms with Crippen LogP contribution in [0.2, 0.25) is 0 Å². The maximum absolute atomic E-state index is 11.6. The largest absolute Gasteiger partial charge is 0.524 e. The molecular formula is C5H11ClFO6P. The van der Waals surface area contributed by atoms with E-state index < -0.39 is 20.4 Å². The first-order valence-electron chi connectivity index (χ1n) is 3.54. The lowest BCUT2D eigenvalue weighted by Gasteiger charge is -2.19. The summed E-state index contributed by atoms with van der Waals surface area (Å²) in [7, 11) is -3.00. The van der Waals surface area contributed by atoms with E-state index in [1.807, 2.05) is 0 Å².